The third-order valence-electron chi connectivity index (χ3n) is 3.15. The first-order valence-corrected chi connectivity index (χ1v) is 7.35. The van der Waals surface area contributed by atoms with Crippen LogP contribution in [0.15, 0.2) is 30.6 Å². The van der Waals surface area contributed by atoms with Gasteiger partial charge in [0, 0.05) is 13.2 Å². The van der Waals surface area contributed by atoms with Gasteiger partial charge < -0.3 is 4.74 Å². The number of aryl methyl sites for hydroxylation is 1. The lowest BCUT2D eigenvalue weighted by molar-refractivity contribution is 0.245. The van der Waals surface area contributed by atoms with E-state index in [0.29, 0.717) is 5.88 Å². The molecule has 6 heteroatoms. The summed E-state index contributed by atoms with van der Waals surface area (Å²) >= 11 is 6.07. The van der Waals surface area contributed by atoms with Gasteiger partial charge in [0.05, 0.1) is 29.4 Å². The summed E-state index contributed by atoms with van der Waals surface area (Å²) in [5.74, 6) is 1.88. The molecule has 21 heavy (non-hydrogen) atoms. The molecule has 1 aromatic carbocycles. The van der Waals surface area contributed by atoms with Crippen molar-refractivity contribution < 1.29 is 4.74 Å². The van der Waals surface area contributed by atoms with Crippen LogP contribution in [0.2, 0.25) is 0 Å². The number of fused-ring (bicyclic) bond motifs is 1. The topological polar surface area (TPSA) is 44.9 Å². The standard InChI is InChI=1S/C15H17ClN4O/c1-10(2)21-13-6-4-5-12-15(13)18-14(7-16)20(12)11-8-17-19(3)9-11/h4-6,8-10H,7H2,1-3H3. The van der Waals surface area contributed by atoms with Crippen molar-refractivity contribution >= 4 is 22.6 Å². The van der Waals surface area contributed by atoms with E-state index in [0.717, 1.165) is 28.3 Å². The summed E-state index contributed by atoms with van der Waals surface area (Å²) in [6.45, 7) is 4.00. The summed E-state index contributed by atoms with van der Waals surface area (Å²) in [5.41, 5.74) is 2.74. The summed E-state index contributed by atoms with van der Waals surface area (Å²) in [4.78, 5) is 4.64. The van der Waals surface area contributed by atoms with Gasteiger partial charge in [-0.2, -0.15) is 5.10 Å². The van der Waals surface area contributed by atoms with Crippen LogP contribution in [0.3, 0.4) is 0 Å². The van der Waals surface area contributed by atoms with Crippen LogP contribution in [0.1, 0.15) is 19.7 Å². The Bertz CT molecular complexity index is 775. The van der Waals surface area contributed by atoms with Crippen molar-refractivity contribution in [2.24, 2.45) is 7.05 Å². The number of nitrogens with zero attached hydrogens (tertiary/aromatic N) is 4. The first-order chi connectivity index (χ1) is 10.1. The van der Waals surface area contributed by atoms with Gasteiger partial charge >= 0.3 is 0 Å². The van der Waals surface area contributed by atoms with Gasteiger partial charge in [0.2, 0.25) is 0 Å². The predicted molar refractivity (Wildman–Crippen MR) is 83.2 cm³/mol. The summed E-state index contributed by atoms with van der Waals surface area (Å²) in [7, 11) is 1.89. The molecule has 0 amide bonds. The number of aromatic nitrogens is 4. The highest BCUT2D eigenvalue weighted by Gasteiger charge is 2.16. The van der Waals surface area contributed by atoms with Crippen molar-refractivity contribution in [3.05, 3.63) is 36.4 Å². The Hall–Kier alpha value is -2.01. The predicted octanol–water partition coefficient (Wildman–Crippen LogP) is 3.29. The molecule has 0 spiro atoms. The molecule has 5 nitrogen and oxygen atoms in total. The van der Waals surface area contributed by atoms with Crippen LogP contribution >= 0.6 is 11.6 Å². The Kier molecular flexibility index (Phi) is 3.59. The minimum atomic E-state index is 0.0959. The number of imidazole rings is 1. The molecular weight excluding hydrogens is 288 g/mol. The van der Waals surface area contributed by atoms with Crippen molar-refractivity contribution in [2.75, 3.05) is 0 Å². The van der Waals surface area contributed by atoms with E-state index in [1.54, 1.807) is 10.9 Å². The van der Waals surface area contributed by atoms with Gasteiger partial charge in [-0.3, -0.25) is 9.25 Å². The summed E-state index contributed by atoms with van der Waals surface area (Å²) in [5, 5.41) is 4.22. The molecule has 0 saturated carbocycles. The molecule has 0 N–H and O–H groups in total. The second-order valence-electron chi connectivity index (χ2n) is 5.16. The van der Waals surface area contributed by atoms with E-state index < -0.39 is 0 Å². The number of rotatable bonds is 4. The number of benzene rings is 1. The van der Waals surface area contributed by atoms with E-state index in [9.17, 15) is 0 Å². The monoisotopic (exact) mass is 304 g/mol. The average molecular weight is 305 g/mol. The number of ether oxygens (including phenoxy) is 1. The van der Waals surface area contributed by atoms with Gasteiger partial charge in [0.15, 0.2) is 0 Å². The molecule has 0 aliphatic rings. The van der Waals surface area contributed by atoms with Crippen molar-refractivity contribution in [3.8, 4) is 11.4 Å². The minimum Gasteiger partial charge on any atom is -0.489 e. The summed E-state index contributed by atoms with van der Waals surface area (Å²) in [6.07, 6.45) is 3.83. The van der Waals surface area contributed by atoms with Crippen molar-refractivity contribution in [1.29, 1.82) is 0 Å². The first kappa shape index (κ1) is 13.9. The van der Waals surface area contributed by atoms with Gasteiger partial charge in [0.1, 0.15) is 17.1 Å². The maximum atomic E-state index is 6.07. The van der Waals surface area contributed by atoms with E-state index in [1.165, 1.54) is 0 Å². The highest BCUT2D eigenvalue weighted by molar-refractivity contribution is 6.17. The third kappa shape index (κ3) is 2.49. The Morgan fingerprint density at radius 1 is 1.33 bits per heavy atom. The fourth-order valence-corrected chi connectivity index (χ4v) is 2.55. The maximum absolute atomic E-state index is 6.07. The fraction of sp³-hybridized carbons (Fsp3) is 0.333. The van der Waals surface area contributed by atoms with Gasteiger partial charge in [-0.05, 0) is 26.0 Å². The number of alkyl halides is 1. The highest BCUT2D eigenvalue weighted by Crippen LogP contribution is 2.29. The molecule has 3 aromatic rings. The normalized spacial score (nSPS) is 11.5. The Morgan fingerprint density at radius 2 is 2.14 bits per heavy atom. The number of para-hydroxylation sites is 1. The zero-order valence-corrected chi connectivity index (χ0v) is 13.0. The number of hydrogen-bond donors (Lipinski definition) is 0. The lowest BCUT2D eigenvalue weighted by Crippen LogP contribution is -2.05. The molecule has 0 atom stereocenters. The molecule has 3 rings (SSSR count). The Balaban J connectivity index is 2.24. The van der Waals surface area contributed by atoms with Crippen LogP contribution < -0.4 is 4.74 Å². The van der Waals surface area contributed by atoms with Crippen LogP contribution in [0.4, 0.5) is 0 Å². The van der Waals surface area contributed by atoms with Gasteiger partial charge in [-0.15, -0.1) is 11.6 Å². The third-order valence-corrected chi connectivity index (χ3v) is 3.39. The van der Waals surface area contributed by atoms with Crippen molar-refractivity contribution in [1.82, 2.24) is 19.3 Å². The van der Waals surface area contributed by atoms with E-state index in [2.05, 4.69) is 10.1 Å². The van der Waals surface area contributed by atoms with Gasteiger partial charge in [-0.25, -0.2) is 4.98 Å². The number of halogens is 1. The maximum Gasteiger partial charge on any atom is 0.147 e. The van der Waals surface area contributed by atoms with E-state index >= 15 is 0 Å². The molecule has 0 saturated heterocycles. The smallest absolute Gasteiger partial charge is 0.147 e. The van der Waals surface area contributed by atoms with Gasteiger partial charge in [0.25, 0.3) is 0 Å². The minimum absolute atomic E-state index is 0.0959. The van der Waals surface area contributed by atoms with Gasteiger partial charge in [-0.1, -0.05) is 6.07 Å². The van der Waals surface area contributed by atoms with Crippen LogP contribution in [0, 0.1) is 0 Å². The SMILES string of the molecule is CC(C)Oc1cccc2c1nc(CCl)n2-c1cnn(C)c1. The molecular formula is C15H17ClN4O. The lowest BCUT2D eigenvalue weighted by Gasteiger charge is -2.10. The molecule has 0 fully saturated rings. The molecule has 110 valence electrons. The average Bonchev–Trinajstić information content (AvgIpc) is 3.01. The molecule has 0 bridgehead atoms. The molecule has 0 unspecified atom stereocenters. The second-order valence-corrected chi connectivity index (χ2v) is 5.43. The lowest BCUT2D eigenvalue weighted by atomic mass is 10.3. The largest absolute Gasteiger partial charge is 0.489 e. The van der Waals surface area contributed by atoms with Crippen LogP contribution in [-0.2, 0) is 12.9 Å². The zero-order chi connectivity index (χ0) is 15.0. The van der Waals surface area contributed by atoms with E-state index in [4.69, 9.17) is 16.3 Å². The summed E-state index contributed by atoms with van der Waals surface area (Å²) < 4.78 is 9.62. The number of hydrogen-bond acceptors (Lipinski definition) is 3. The van der Waals surface area contributed by atoms with Crippen LogP contribution in [0.5, 0.6) is 5.75 Å². The Morgan fingerprint density at radius 3 is 2.76 bits per heavy atom. The van der Waals surface area contributed by atoms with E-state index in [-0.39, 0.29) is 6.10 Å². The van der Waals surface area contributed by atoms with Crippen LogP contribution in [-0.4, -0.2) is 25.4 Å². The second kappa shape index (κ2) is 5.41. The van der Waals surface area contributed by atoms with E-state index in [1.807, 2.05) is 49.9 Å². The Labute approximate surface area is 128 Å². The molecule has 0 aliphatic carbocycles. The molecule has 0 radical (unpaired) electrons. The van der Waals surface area contributed by atoms with Crippen LogP contribution in [0.25, 0.3) is 16.7 Å². The fourth-order valence-electron chi connectivity index (χ4n) is 2.37. The molecule has 2 aromatic heterocycles. The van der Waals surface area contributed by atoms with Crippen molar-refractivity contribution in [2.45, 2.75) is 25.8 Å². The highest BCUT2D eigenvalue weighted by atomic mass is 35.5. The molecule has 2 heterocycles. The van der Waals surface area contributed by atoms with Crippen molar-refractivity contribution in [3.63, 3.8) is 0 Å². The molecule has 0 aliphatic heterocycles. The quantitative estimate of drug-likeness (QED) is 0.695. The zero-order valence-electron chi connectivity index (χ0n) is 12.2. The first-order valence-electron chi connectivity index (χ1n) is 6.82. The summed E-state index contributed by atoms with van der Waals surface area (Å²) in [6, 6.07) is 5.91.